The van der Waals surface area contributed by atoms with Crippen molar-refractivity contribution in [1.82, 2.24) is 9.88 Å². The number of hydrogen-bond acceptors (Lipinski definition) is 3. The highest BCUT2D eigenvalue weighted by atomic mass is 35.5. The molecule has 1 aliphatic rings. The minimum Gasteiger partial charge on any atom is -0.394 e. The van der Waals surface area contributed by atoms with Gasteiger partial charge in [-0.1, -0.05) is 11.6 Å². The quantitative estimate of drug-likeness (QED) is 0.728. The van der Waals surface area contributed by atoms with E-state index in [2.05, 4.69) is 4.98 Å². The summed E-state index contributed by atoms with van der Waals surface area (Å²) in [6.45, 7) is 1.59. The van der Waals surface area contributed by atoms with Gasteiger partial charge in [-0.15, -0.1) is 0 Å². The number of hydrogen-bond donors (Lipinski definition) is 1. The first kappa shape index (κ1) is 10.4. The van der Waals surface area contributed by atoms with Crippen LogP contribution in [-0.4, -0.2) is 34.6 Å². The van der Waals surface area contributed by atoms with E-state index in [1.807, 2.05) is 0 Å². The van der Waals surface area contributed by atoms with Crippen LogP contribution in [0.5, 0.6) is 0 Å². The van der Waals surface area contributed by atoms with Gasteiger partial charge in [0.15, 0.2) is 0 Å². The van der Waals surface area contributed by atoms with Gasteiger partial charge in [0.25, 0.3) is 5.91 Å². The number of aliphatic hydroxyl groups is 1. The van der Waals surface area contributed by atoms with E-state index >= 15 is 0 Å². The number of amides is 1. The van der Waals surface area contributed by atoms with E-state index in [1.165, 1.54) is 4.90 Å². The zero-order chi connectivity index (χ0) is 11.2. The molecule has 0 saturated heterocycles. The number of aromatic nitrogens is 1. The van der Waals surface area contributed by atoms with Gasteiger partial charge in [-0.3, -0.25) is 4.79 Å². The molecule has 0 aromatic carbocycles. The van der Waals surface area contributed by atoms with Crippen LogP contribution >= 0.6 is 11.6 Å². The van der Waals surface area contributed by atoms with Crippen molar-refractivity contribution >= 4 is 17.5 Å². The fourth-order valence-corrected chi connectivity index (χ4v) is 1.91. The maximum Gasteiger partial charge on any atom is 0.256 e. The third-order valence-electron chi connectivity index (χ3n) is 2.95. The Kier molecular flexibility index (Phi) is 2.20. The zero-order valence-electron chi connectivity index (χ0n) is 8.49. The number of aliphatic hydroxyl groups excluding tert-OH is 1. The van der Waals surface area contributed by atoms with Crippen LogP contribution in [0.25, 0.3) is 0 Å². The maximum atomic E-state index is 11.8. The van der Waals surface area contributed by atoms with E-state index < -0.39 is 5.54 Å². The van der Waals surface area contributed by atoms with E-state index in [0.29, 0.717) is 16.4 Å². The first-order valence-electron chi connectivity index (χ1n) is 4.57. The Bertz CT molecular complexity index is 435. The normalized spacial score (nSPS) is 24.5. The highest BCUT2D eigenvalue weighted by molar-refractivity contribution is 6.29. The van der Waals surface area contributed by atoms with Crippen molar-refractivity contribution in [2.75, 3.05) is 13.7 Å². The van der Waals surface area contributed by atoms with Crippen LogP contribution < -0.4 is 0 Å². The minimum atomic E-state index is -0.767. The third-order valence-corrected chi connectivity index (χ3v) is 3.17. The summed E-state index contributed by atoms with van der Waals surface area (Å²) in [5.41, 5.74) is 0.292. The summed E-state index contributed by atoms with van der Waals surface area (Å²) in [5, 5.41) is 9.70. The molecule has 0 fully saturated rings. The van der Waals surface area contributed by atoms with Crippen molar-refractivity contribution in [3.8, 4) is 0 Å². The van der Waals surface area contributed by atoms with E-state index in [9.17, 15) is 9.90 Å². The lowest BCUT2D eigenvalue weighted by atomic mass is 9.98. The molecule has 0 bridgehead atoms. The summed E-state index contributed by atoms with van der Waals surface area (Å²) in [6, 6.07) is 3.22. The predicted molar refractivity (Wildman–Crippen MR) is 55.8 cm³/mol. The molecule has 1 aromatic heterocycles. The van der Waals surface area contributed by atoms with Gasteiger partial charge < -0.3 is 10.0 Å². The van der Waals surface area contributed by atoms with E-state index in [1.54, 1.807) is 26.1 Å². The molecular weight excluding hydrogens is 216 g/mol. The van der Waals surface area contributed by atoms with E-state index in [-0.39, 0.29) is 12.5 Å². The van der Waals surface area contributed by atoms with Crippen molar-refractivity contribution in [3.05, 3.63) is 28.5 Å². The first-order chi connectivity index (χ1) is 7.00. The number of fused-ring (bicyclic) bond motifs is 1. The SMILES string of the molecule is CN1C(=O)c2ccc(Cl)nc2C1(C)CO. The van der Waals surface area contributed by atoms with Gasteiger partial charge >= 0.3 is 0 Å². The lowest BCUT2D eigenvalue weighted by Gasteiger charge is -2.29. The van der Waals surface area contributed by atoms with E-state index in [4.69, 9.17) is 11.6 Å². The molecule has 1 aromatic rings. The average molecular weight is 227 g/mol. The monoisotopic (exact) mass is 226 g/mol. The molecule has 1 N–H and O–H groups in total. The molecular formula is C10H11ClN2O2. The second-order valence-corrected chi connectivity index (χ2v) is 4.21. The topological polar surface area (TPSA) is 53.4 Å². The molecule has 0 radical (unpaired) electrons. The Balaban J connectivity index is 2.67. The van der Waals surface area contributed by atoms with Crippen molar-refractivity contribution in [1.29, 1.82) is 0 Å². The Morgan fingerprint density at radius 1 is 1.60 bits per heavy atom. The lowest BCUT2D eigenvalue weighted by Crippen LogP contribution is -2.41. The molecule has 1 atom stereocenters. The van der Waals surface area contributed by atoms with Crippen LogP contribution in [0.4, 0.5) is 0 Å². The third kappa shape index (κ3) is 1.25. The summed E-state index contributed by atoms with van der Waals surface area (Å²) in [7, 11) is 1.65. The van der Waals surface area contributed by atoms with Gasteiger partial charge in [-0.25, -0.2) is 4.98 Å². The Morgan fingerprint density at radius 2 is 2.27 bits per heavy atom. The number of rotatable bonds is 1. The summed E-state index contributed by atoms with van der Waals surface area (Å²) >= 11 is 5.78. The molecule has 2 heterocycles. The second-order valence-electron chi connectivity index (χ2n) is 3.83. The average Bonchev–Trinajstić information content (AvgIpc) is 2.42. The van der Waals surface area contributed by atoms with Crippen LogP contribution in [0.1, 0.15) is 23.0 Å². The standard InChI is InChI=1S/C10H11ClN2O2/c1-10(5-14)8-6(9(15)13(10)2)3-4-7(11)12-8/h3-4,14H,5H2,1-2H3. The number of carbonyl (C=O) groups is 1. The molecule has 80 valence electrons. The highest BCUT2D eigenvalue weighted by Crippen LogP contribution is 2.36. The molecule has 0 aliphatic carbocycles. The van der Waals surface area contributed by atoms with Gasteiger partial charge in [-0.2, -0.15) is 0 Å². The Labute approximate surface area is 92.5 Å². The van der Waals surface area contributed by atoms with Crippen molar-refractivity contribution in [2.45, 2.75) is 12.5 Å². The van der Waals surface area contributed by atoms with Crippen molar-refractivity contribution < 1.29 is 9.90 Å². The molecule has 0 spiro atoms. The van der Waals surface area contributed by atoms with Gasteiger partial charge in [0.1, 0.15) is 10.7 Å². The fourth-order valence-electron chi connectivity index (χ4n) is 1.76. The summed E-state index contributed by atoms with van der Waals surface area (Å²) in [4.78, 5) is 17.4. The molecule has 15 heavy (non-hydrogen) atoms. The number of nitrogens with zero attached hydrogens (tertiary/aromatic N) is 2. The highest BCUT2D eigenvalue weighted by Gasteiger charge is 2.45. The minimum absolute atomic E-state index is 0.134. The fraction of sp³-hybridized carbons (Fsp3) is 0.400. The molecule has 5 heteroatoms. The molecule has 2 rings (SSSR count). The van der Waals surface area contributed by atoms with Gasteiger partial charge in [0.05, 0.1) is 17.9 Å². The van der Waals surface area contributed by atoms with Crippen LogP contribution in [0.3, 0.4) is 0 Å². The van der Waals surface area contributed by atoms with Crippen LogP contribution in [0.2, 0.25) is 5.15 Å². The van der Waals surface area contributed by atoms with Gasteiger partial charge in [0, 0.05) is 7.05 Å². The van der Waals surface area contributed by atoms with E-state index in [0.717, 1.165) is 0 Å². The second kappa shape index (κ2) is 3.18. The van der Waals surface area contributed by atoms with Crippen molar-refractivity contribution in [3.63, 3.8) is 0 Å². The summed E-state index contributed by atoms with van der Waals surface area (Å²) in [6.07, 6.45) is 0. The summed E-state index contributed by atoms with van der Waals surface area (Å²) in [5.74, 6) is -0.134. The summed E-state index contributed by atoms with van der Waals surface area (Å²) < 4.78 is 0. The Hall–Kier alpha value is -1.13. The molecule has 1 amide bonds. The number of halogens is 1. The molecule has 4 nitrogen and oxygen atoms in total. The predicted octanol–water partition coefficient (Wildman–Crippen LogP) is 1.03. The molecule has 1 unspecified atom stereocenters. The van der Waals surface area contributed by atoms with Gasteiger partial charge in [-0.05, 0) is 19.1 Å². The maximum absolute atomic E-state index is 11.8. The van der Waals surface area contributed by atoms with Crippen molar-refractivity contribution in [2.24, 2.45) is 0 Å². The Morgan fingerprint density at radius 3 is 2.87 bits per heavy atom. The van der Waals surface area contributed by atoms with Crippen LogP contribution in [-0.2, 0) is 5.54 Å². The number of carbonyl (C=O) groups excluding carboxylic acids is 1. The number of pyridine rings is 1. The molecule has 1 aliphatic heterocycles. The zero-order valence-corrected chi connectivity index (χ0v) is 9.25. The van der Waals surface area contributed by atoms with Crippen LogP contribution in [0.15, 0.2) is 12.1 Å². The first-order valence-corrected chi connectivity index (χ1v) is 4.94. The van der Waals surface area contributed by atoms with Crippen LogP contribution in [0, 0.1) is 0 Å². The van der Waals surface area contributed by atoms with Gasteiger partial charge in [0.2, 0.25) is 0 Å². The number of likely N-dealkylation sites (N-methyl/N-ethyl adjacent to an activating group) is 1. The lowest BCUT2D eigenvalue weighted by molar-refractivity contribution is 0.0488. The largest absolute Gasteiger partial charge is 0.394 e. The smallest absolute Gasteiger partial charge is 0.256 e. The molecule has 0 saturated carbocycles.